The number of carbonyl (C=O) groups is 1. The molecule has 0 aromatic carbocycles. The van der Waals surface area contributed by atoms with E-state index in [1.807, 2.05) is 27.2 Å². The van der Waals surface area contributed by atoms with Crippen LogP contribution < -0.4 is 5.32 Å². The monoisotopic (exact) mass is 814 g/mol. The third-order valence-electron chi connectivity index (χ3n) is 8.75. The highest BCUT2D eigenvalue weighted by Gasteiger charge is 2.27. The lowest BCUT2D eigenvalue weighted by Crippen LogP contribution is -2.45. The summed E-state index contributed by atoms with van der Waals surface area (Å²) in [5, 5.41) is 13.5. The van der Waals surface area contributed by atoms with E-state index in [0.29, 0.717) is 17.4 Å². The molecule has 0 radical (unpaired) electrons. The Morgan fingerprint density at radius 3 is 1.53 bits per heavy atom. The number of aliphatic hydroxyl groups is 1. The molecular formula is C48H82N2O6P+. The first-order chi connectivity index (χ1) is 27.5. The van der Waals surface area contributed by atoms with Gasteiger partial charge in [0.25, 0.3) is 0 Å². The minimum absolute atomic E-state index is 0.0505. The van der Waals surface area contributed by atoms with Gasteiger partial charge in [-0.1, -0.05) is 162 Å². The largest absolute Gasteiger partial charge is 0.472 e. The summed E-state index contributed by atoms with van der Waals surface area (Å²) in [4.78, 5) is 22.8. The predicted octanol–water partition coefficient (Wildman–Crippen LogP) is 12.1. The number of allylic oxidation sites excluding steroid dienone is 17. The molecule has 0 aliphatic heterocycles. The van der Waals surface area contributed by atoms with Crippen LogP contribution in [0.25, 0.3) is 0 Å². The molecule has 0 aliphatic carbocycles. The maximum Gasteiger partial charge on any atom is 0.472 e. The molecule has 9 heteroatoms. The molecule has 0 aromatic heterocycles. The summed E-state index contributed by atoms with van der Waals surface area (Å²) in [7, 11) is 1.53. The Bertz CT molecular complexity index is 1290. The fourth-order valence-corrected chi connectivity index (χ4v) is 6.01. The number of hydrogen-bond acceptors (Lipinski definition) is 5. The summed E-state index contributed by atoms with van der Waals surface area (Å²) < 4.78 is 23.3. The SMILES string of the molecule is CC/C=C\C/C=C\C/C=C\C/C=C\C/C=C\C/C=C\C/C=C\C/C=C\CCCCCCCCC(=O)NC(COP(=O)(O)OCC[N+](C)(C)C)C(O)/C=C/CCCC. The molecular weight excluding hydrogens is 732 g/mol. The van der Waals surface area contributed by atoms with Crippen molar-refractivity contribution in [1.82, 2.24) is 5.32 Å². The van der Waals surface area contributed by atoms with E-state index < -0.39 is 20.0 Å². The van der Waals surface area contributed by atoms with E-state index in [4.69, 9.17) is 9.05 Å². The van der Waals surface area contributed by atoms with Crippen LogP contribution in [0, 0.1) is 0 Å². The first kappa shape index (κ1) is 54.2. The maximum atomic E-state index is 12.7. The number of phosphoric ester groups is 1. The number of hydrogen-bond donors (Lipinski definition) is 3. The van der Waals surface area contributed by atoms with Crippen molar-refractivity contribution in [1.29, 1.82) is 0 Å². The zero-order valence-electron chi connectivity index (χ0n) is 36.5. The van der Waals surface area contributed by atoms with Crippen LogP contribution in [0.1, 0.15) is 136 Å². The van der Waals surface area contributed by atoms with Gasteiger partial charge in [0.05, 0.1) is 39.9 Å². The smallest absolute Gasteiger partial charge is 0.387 e. The van der Waals surface area contributed by atoms with E-state index in [1.165, 1.54) is 12.8 Å². The molecule has 3 atom stereocenters. The third-order valence-corrected chi connectivity index (χ3v) is 9.73. The Kier molecular flexibility index (Phi) is 36.7. The lowest BCUT2D eigenvalue weighted by Gasteiger charge is -2.25. The Labute approximate surface area is 349 Å². The summed E-state index contributed by atoms with van der Waals surface area (Å²) >= 11 is 0. The fourth-order valence-electron chi connectivity index (χ4n) is 5.27. The zero-order chi connectivity index (χ0) is 42.1. The summed E-state index contributed by atoms with van der Waals surface area (Å²) in [6, 6.07) is -0.857. The van der Waals surface area contributed by atoms with E-state index >= 15 is 0 Å². The molecule has 0 aromatic rings. The van der Waals surface area contributed by atoms with Crippen LogP contribution in [0.5, 0.6) is 0 Å². The molecule has 0 spiro atoms. The molecule has 3 unspecified atom stereocenters. The highest BCUT2D eigenvalue weighted by Crippen LogP contribution is 2.43. The topological polar surface area (TPSA) is 105 Å². The molecule has 324 valence electrons. The van der Waals surface area contributed by atoms with E-state index in [9.17, 15) is 19.4 Å². The molecule has 57 heavy (non-hydrogen) atoms. The van der Waals surface area contributed by atoms with E-state index in [-0.39, 0.29) is 19.1 Å². The van der Waals surface area contributed by atoms with E-state index in [0.717, 1.165) is 103 Å². The van der Waals surface area contributed by atoms with Gasteiger partial charge in [0.15, 0.2) is 0 Å². The number of quaternary nitrogens is 1. The minimum atomic E-state index is -4.33. The fraction of sp³-hybridized carbons (Fsp3) is 0.604. The molecule has 0 fully saturated rings. The molecule has 0 heterocycles. The number of rotatable bonds is 37. The van der Waals surface area contributed by atoms with Crippen molar-refractivity contribution in [3.8, 4) is 0 Å². The molecule has 0 bridgehead atoms. The van der Waals surface area contributed by atoms with Crippen LogP contribution in [0.4, 0.5) is 0 Å². The highest BCUT2D eigenvalue weighted by atomic mass is 31.2. The normalized spacial score (nSPS) is 15.4. The first-order valence-electron chi connectivity index (χ1n) is 21.8. The number of unbranched alkanes of at least 4 members (excludes halogenated alkanes) is 8. The second-order valence-electron chi connectivity index (χ2n) is 15.3. The van der Waals surface area contributed by atoms with Crippen molar-refractivity contribution >= 4 is 13.7 Å². The van der Waals surface area contributed by atoms with Gasteiger partial charge in [-0.05, 0) is 77.0 Å². The van der Waals surface area contributed by atoms with E-state index in [1.54, 1.807) is 6.08 Å². The van der Waals surface area contributed by atoms with Crippen LogP contribution in [0.3, 0.4) is 0 Å². The second kappa shape index (κ2) is 38.7. The summed E-state index contributed by atoms with van der Waals surface area (Å²) in [6.07, 6.45) is 56.6. The van der Waals surface area contributed by atoms with Crippen LogP contribution >= 0.6 is 7.82 Å². The van der Waals surface area contributed by atoms with Gasteiger partial charge in [0.1, 0.15) is 13.2 Å². The summed E-state index contributed by atoms with van der Waals surface area (Å²) in [5.74, 6) is -0.208. The van der Waals surface area contributed by atoms with Gasteiger partial charge in [-0.15, -0.1) is 0 Å². The lowest BCUT2D eigenvalue weighted by atomic mass is 10.1. The van der Waals surface area contributed by atoms with Gasteiger partial charge >= 0.3 is 7.82 Å². The predicted molar refractivity (Wildman–Crippen MR) is 244 cm³/mol. The van der Waals surface area contributed by atoms with Crippen molar-refractivity contribution in [2.24, 2.45) is 0 Å². The first-order valence-corrected chi connectivity index (χ1v) is 23.3. The zero-order valence-corrected chi connectivity index (χ0v) is 37.4. The Hall–Kier alpha value is -2.84. The van der Waals surface area contributed by atoms with Crippen LogP contribution in [0.15, 0.2) is 109 Å². The Balaban J connectivity index is 4.07. The maximum absolute atomic E-state index is 12.7. The van der Waals surface area contributed by atoms with Gasteiger partial charge in [-0.3, -0.25) is 13.8 Å². The molecule has 0 aliphatic rings. The number of nitrogens with one attached hydrogen (secondary N) is 1. The summed E-state index contributed by atoms with van der Waals surface area (Å²) in [6.45, 7) is 4.49. The van der Waals surface area contributed by atoms with Gasteiger partial charge in [0.2, 0.25) is 5.91 Å². The molecule has 0 rings (SSSR count). The Morgan fingerprint density at radius 2 is 1.05 bits per heavy atom. The lowest BCUT2D eigenvalue weighted by molar-refractivity contribution is -0.870. The quantitative estimate of drug-likeness (QED) is 0.0250. The third kappa shape index (κ3) is 41.1. The van der Waals surface area contributed by atoms with Crippen molar-refractivity contribution in [3.63, 3.8) is 0 Å². The number of aliphatic hydroxyl groups excluding tert-OH is 1. The van der Waals surface area contributed by atoms with Gasteiger partial charge in [-0.2, -0.15) is 0 Å². The molecule has 0 saturated carbocycles. The average molecular weight is 814 g/mol. The van der Waals surface area contributed by atoms with Gasteiger partial charge < -0.3 is 19.8 Å². The second-order valence-corrected chi connectivity index (χ2v) is 16.8. The molecule has 3 N–H and O–H groups in total. The van der Waals surface area contributed by atoms with Crippen molar-refractivity contribution < 1.29 is 32.9 Å². The number of likely N-dealkylation sites (N-methyl/N-ethyl adjacent to an activating group) is 1. The standard InChI is InChI=1S/C48H81N2O6P/c1-6-8-10-12-13-14-15-16-17-18-19-20-21-22-23-24-25-26-27-28-29-30-31-32-33-34-35-36-37-38-40-42-48(52)49-46(47(51)41-39-11-9-7-2)45-56-57(53,54)55-44-43-50(3,4)5/h8,10,13-14,16-17,19-20,22-23,25-26,28-29,31-32,39,41,46-47,51H,6-7,9,11-12,15,18,21,24,27,30,33-38,40,42-45H2,1-5H3,(H-,49,52,53,54)/p+1/b10-8-,14-13-,17-16-,20-19-,23-22-,26-25-,29-28-,32-31-,41-39+. The average Bonchev–Trinajstić information content (AvgIpc) is 3.16. The van der Waals surface area contributed by atoms with Crippen molar-refractivity contribution in [2.75, 3.05) is 40.9 Å². The molecule has 8 nitrogen and oxygen atoms in total. The number of nitrogens with zero attached hydrogens (tertiary/aromatic N) is 1. The van der Waals surface area contributed by atoms with Crippen LogP contribution in [-0.2, 0) is 18.4 Å². The highest BCUT2D eigenvalue weighted by molar-refractivity contribution is 7.47. The molecule has 1 amide bonds. The van der Waals surface area contributed by atoms with Gasteiger partial charge in [0, 0.05) is 6.42 Å². The number of carbonyl (C=O) groups excluding carboxylic acids is 1. The van der Waals surface area contributed by atoms with Crippen LogP contribution in [-0.4, -0.2) is 73.4 Å². The van der Waals surface area contributed by atoms with Crippen LogP contribution in [0.2, 0.25) is 0 Å². The van der Waals surface area contributed by atoms with Crippen molar-refractivity contribution in [2.45, 2.75) is 148 Å². The summed E-state index contributed by atoms with van der Waals surface area (Å²) in [5.41, 5.74) is 0. The number of amides is 1. The number of phosphoric acid groups is 1. The molecule has 0 saturated heterocycles. The minimum Gasteiger partial charge on any atom is -0.387 e. The van der Waals surface area contributed by atoms with Crippen molar-refractivity contribution in [3.05, 3.63) is 109 Å². The van der Waals surface area contributed by atoms with Gasteiger partial charge in [-0.25, -0.2) is 4.57 Å². The van der Waals surface area contributed by atoms with E-state index in [2.05, 4.69) is 116 Å². The Morgan fingerprint density at radius 1 is 0.614 bits per heavy atom.